The van der Waals surface area contributed by atoms with E-state index in [-0.39, 0.29) is 5.54 Å². The van der Waals surface area contributed by atoms with Crippen LogP contribution in [0.3, 0.4) is 0 Å². The Hall–Kier alpha value is -2.46. The molecule has 2 N–H and O–H groups in total. The second kappa shape index (κ2) is 6.93. The van der Waals surface area contributed by atoms with Crippen molar-refractivity contribution < 1.29 is 4.99 Å². The van der Waals surface area contributed by atoms with Gasteiger partial charge in [0.1, 0.15) is 5.54 Å². The van der Waals surface area contributed by atoms with E-state index in [2.05, 4.69) is 64.2 Å². The minimum Gasteiger partial charge on any atom is -0.268 e. The van der Waals surface area contributed by atoms with Crippen LogP contribution in [0.25, 0.3) is 11.3 Å². The van der Waals surface area contributed by atoms with E-state index >= 15 is 0 Å². The van der Waals surface area contributed by atoms with E-state index in [1.165, 1.54) is 43.2 Å². The second-order valence-corrected chi connectivity index (χ2v) is 8.56. The molecule has 4 heteroatoms. The molecule has 1 aliphatic heterocycles. The van der Waals surface area contributed by atoms with Gasteiger partial charge in [0, 0.05) is 17.4 Å². The molecule has 2 aromatic carbocycles. The maximum absolute atomic E-state index is 4.83. The molecule has 3 aromatic rings. The monoisotopic (exact) mass is 374 g/mol. The van der Waals surface area contributed by atoms with E-state index < -0.39 is 0 Å². The van der Waals surface area contributed by atoms with E-state index in [4.69, 9.17) is 4.98 Å². The Labute approximate surface area is 164 Å². The average Bonchev–Trinajstić information content (AvgIpc) is 3.18. The zero-order chi connectivity index (χ0) is 18.1. The number of nitrogens with one attached hydrogen (secondary N) is 2. The highest BCUT2D eigenvalue weighted by Crippen LogP contribution is 2.31. The molecule has 0 bridgehead atoms. The van der Waals surface area contributed by atoms with Crippen molar-refractivity contribution in [1.29, 1.82) is 0 Å². The molecule has 0 saturated heterocycles. The quantitative estimate of drug-likeness (QED) is 0.711. The Morgan fingerprint density at radius 2 is 1.70 bits per heavy atom. The third-order valence-corrected chi connectivity index (χ3v) is 6.58. The van der Waals surface area contributed by atoms with E-state index in [0.717, 1.165) is 28.6 Å². The smallest absolute Gasteiger partial charge is 0.268 e. The molecule has 1 spiro atoms. The van der Waals surface area contributed by atoms with E-state index in [1.807, 2.05) is 6.07 Å². The Kier molecular flexibility index (Phi) is 4.29. The van der Waals surface area contributed by atoms with E-state index in [9.17, 15) is 0 Å². The normalized spacial score (nSPS) is 18.0. The molecule has 3 nitrogen and oxygen atoms in total. The van der Waals surface area contributed by atoms with Gasteiger partial charge in [-0.15, -0.1) is 0 Å². The molecule has 0 radical (unpaired) electrons. The number of aromatic nitrogens is 1. The zero-order valence-electron chi connectivity index (χ0n) is 15.4. The number of amidine groups is 1. The van der Waals surface area contributed by atoms with Crippen LogP contribution >= 0.6 is 11.3 Å². The Bertz CT molecular complexity index is 968. The van der Waals surface area contributed by atoms with Gasteiger partial charge in [0.2, 0.25) is 0 Å². The van der Waals surface area contributed by atoms with Crippen molar-refractivity contribution in [2.75, 3.05) is 5.32 Å². The lowest BCUT2D eigenvalue weighted by molar-refractivity contribution is -0.561. The van der Waals surface area contributed by atoms with Crippen LogP contribution in [0.4, 0.5) is 5.13 Å². The molecule has 0 unspecified atom stereocenters. The molecule has 136 valence electrons. The summed E-state index contributed by atoms with van der Waals surface area (Å²) < 4.78 is 0. The van der Waals surface area contributed by atoms with Gasteiger partial charge in [-0.1, -0.05) is 66.3 Å². The van der Waals surface area contributed by atoms with Gasteiger partial charge in [0.15, 0.2) is 0 Å². The summed E-state index contributed by atoms with van der Waals surface area (Å²) in [5, 5.41) is 6.68. The van der Waals surface area contributed by atoms with Crippen molar-refractivity contribution in [2.24, 2.45) is 0 Å². The molecule has 2 aliphatic rings. The third-order valence-electron chi connectivity index (χ3n) is 5.82. The van der Waals surface area contributed by atoms with Gasteiger partial charge in [-0.3, -0.25) is 4.99 Å². The summed E-state index contributed by atoms with van der Waals surface area (Å²) in [5.41, 5.74) is 5.12. The first-order chi connectivity index (χ1) is 13.3. The second-order valence-electron chi connectivity index (χ2n) is 7.70. The lowest BCUT2D eigenvalue weighted by atomic mass is 9.75. The first-order valence-corrected chi connectivity index (χ1v) is 10.7. The lowest BCUT2D eigenvalue weighted by Crippen LogP contribution is -2.91. The number of hydrogen-bond donors (Lipinski definition) is 2. The van der Waals surface area contributed by atoms with Gasteiger partial charge in [-0.25, -0.2) is 5.32 Å². The molecule has 0 amide bonds. The number of rotatable bonds is 2. The summed E-state index contributed by atoms with van der Waals surface area (Å²) in [6, 6.07) is 19.2. The van der Waals surface area contributed by atoms with Crippen molar-refractivity contribution in [3.63, 3.8) is 0 Å². The van der Waals surface area contributed by atoms with Crippen molar-refractivity contribution in [2.45, 2.75) is 44.1 Å². The predicted molar refractivity (Wildman–Crippen MR) is 112 cm³/mol. The summed E-state index contributed by atoms with van der Waals surface area (Å²) in [4.78, 5) is 8.72. The van der Waals surface area contributed by atoms with Gasteiger partial charge in [0.25, 0.3) is 11.0 Å². The van der Waals surface area contributed by atoms with Crippen LogP contribution in [0.5, 0.6) is 0 Å². The Balaban J connectivity index is 1.48. The van der Waals surface area contributed by atoms with Crippen LogP contribution in [-0.4, -0.2) is 16.4 Å². The van der Waals surface area contributed by atoms with Crippen molar-refractivity contribution in [3.8, 4) is 11.3 Å². The van der Waals surface area contributed by atoms with Gasteiger partial charge in [-0.2, -0.15) is 4.98 Å². The maximum Gasteiger partial charge on any atom is 0.282 e. The number of nitrogens with zero attached hydrogens (tertiary/aromatic N) is 1. The minimum atomic E-state index is 0.203. The number of thiazole rings is 1. The molecular formula is C23H24N3S+. The molecular weight excluding hydrogens is 350 g/mol. The van der Waals surface area contributed by atoms with Gasteiger partial charge < -0.3 is 0 Å². The zero-order valence-corrected chi connectivity index (χ0v) is 16.2. The number of fused-ring (bicyclic) bond motifs is 1. The van der Waals surface area contributed by atoms with E-state index in [1.54, 1.807) is 11.3 Å². The summed E-state index contributed by atoms with van der Waals surface area (Å²) in [7, 11) is 0. The van der Waals surface area contributed by atoms with Crippen LogP contribution in [0.2, 0.25) is 0 Å². The van der Waals surface area contributed by atoms with Crippen LogP contribution in [0, 0.1) is 0 Å². The molecule has 2 heterocycles. The predicted octanol–water partition coefficient (Wildman–Crippen LogP) is 4.01. The lowest BCUT2D eigenvalue weighted by Gasteiger charge is -2.35. The molecule has 1 fully saturated rings. The number of anilines is 1. The standard InChI is InChI=1S/C23H23N3S/c1-3-9-17(10-4-1)20-16-27-22(24-20)25-21-19-12-6-5-11-18(19)15-23(26-21)13-7-2-8-14-23/h1,3-6,9-12,16H,2,7-8,13-15H2,(H,24,25,26)/p+1. The molecule has 5 rings (SSSR count). The van der Waals surface area contributed by atoms with Gasteiger partial charge in [-0.05, 0) is 37.3 Å². The average molecular weight is 375 g/mol. The third kappa shape index (κ3) is 3.30. The molecule has 1 saturated carbocycles. The maximum atomic E-state index is 4.83. The molecule has 1 aliphatic carbocycles. The van der Waals surface area contributed by atoms with Crippen LogP contribution in [-0.2, 0) is 6.42 Å². The SMILES string of the molecule is c1ccc(-c2csc(NC3=[NH+]C4(CCCCC4)Cc4ccccc43)n2)cc1. The topological polar surface area (TPSA) is 38.9 Å². The largest absolute Gasteiger partial charge is 0.282 e. The first-order valence-electron chi connectivity index (χ1n) is 9.83. The highest BCUT2D eigenvalue weighted by molar-refractivity contribution is 7.14. The van der Waals surface area contributed by atoms with Crippen molar-refractivity contribution in [3.05, 3.63) is 71.1 Å². The van der Waals surface area contributed by atoms with Crippen LogP contribution in [0.1, 0.15) is 43.2 Å². The van der Waals surface area contributed by atoms with Crippen molar-refractivity contribution in [1.82, 2.24) is 4.98 Å². The highest BCUT2D eigenvalue weighted by atomic mass is 32.1. The summed E-state index contributed by atoms with van der Waals surface area (Å²) in [6.45, 7) is 0. The van der Waals surface area contributed by atoms with E-state index in [0.29, 0.717) is 0 Å². The fourth-order valence-corrected chi connectivity index (χ4v) is 5.19. The van der Waals surface area contributed by atoms with Gasteiger partial charge >= 0.3 is 0 Å². The van der Waals surface area contributed by atoms with Crippen molar-refractivity contribution >= 4 is 22.3 Å². The van der Waals surface area contributed by atoms with Gasteiger partial charge in [0.05, 0.1) is 11.3 Å². The Morgan fingerprint density at radius 1 is 0.926 bits per heavy atom. The molecule has 1 aromatic heterocycles. The molecule has 27 heavy (non-hydrogen) atoms. The minimum absolute atomic E-state index is 0.203. The molecule has 0 atom stereocenters. The van der Waals surface area contributed by atoms with Crippen LogP contribution < -0.4 is 10.3 Å². The first kappa shape index (κ1) is 16.7. The summed E-state index contributed by atoms with van der Waals surface area (Å²) in [6.07, 6.45) is 7.62. The summed E-state index contributed by atoms with van der Waals surface area (Å²) in [5.74, 6) is 1.12. The Morgan fingerprint density at radius 3 is 2.56 bits per heavy atom. The number of hydrogen-bond acceptors (Lipinski definition) is 3. The highest BCUT2D eigenvalue weighted by Gasteiger charge is 2.39. The summed E-state index contributed by atoms with van der Waals surface area (Å²) >= 11 is 1.66. The fourth-order valence-electron chi connectivity index (χ4n) is 4.47. The number of benzene rings is 2. The van der Waals surface area contributed by atoms with Crippen LogP contribution in [0.15, 0.2) is 60.0 Å². The fraction of sp³-hybridized carbons (Fsp3) is 0.304.